The molecule has 0 fully saturated rings. The third-order valence-electron chi connectivity index (χ3n) is 2.93. The van der Waals surface area contributed by atoms with Gasteiger partial charge in [0.15, 0.2) is 9.84 Å². The van der Waals surface area contributed by atoms with Gasteiger partial charge >= 0.3 is 0 Å². The van der Waals surface area contributed by atoms with E-state index in [4.69, 9.17) is 10.00 Å². The van der Waals surface area contributed by atoms with Crippen LogP contribution in [0.4, 0.5) is 0 Å². The minimum atomic E-state index is -3.48. The predicted octanol–water partition coefficient (Wildman–Crippen LogP) is 2.31. The maximum Gasteiger partial charge on any atom is 0.183 e. The van der Waals surface area contributed by atoms with Gasteiger partial charge in [0.25, 0.3) is 0 Å². The average molecular weight is 267 g/mol. The molecule has 0 atom stereocenters. The molecule has 1 aromatic carbocycles. The van der Waals surface area contributed by atoms with Crippen molar-refractivity contribution >= 4 is 9.84 Å². The smallest absolute Gasteiger partial charge is 0.183 e. The summed E-state index contributed by atoms with van der Waals surface area (Å²) in [6.07, 6.45) is -0.0160. The summed E-state index contributed by atoms with van der Waals surface area (Å²) in [7, 11) is -2.02. The summed E-state index contributed by atoms with van der Waals surface area (Å²) >= 11 is 0. The van der Waals surface area contributed by atoms with E-state index in [1.807, 2.05) is 26.0 Å². The van der Waals surface area contributed by atoms with Gasteiger partial charge in [-0.05, 0) is 37.5 Å². The fraction of sp³-hybridized carbons (Fsp3) is 0.462. The summed E-state index contributed by atoms with van der Waals surface area (Å²) < 4.78 is 29.7. The first-order chi connectivity index (χ1) is 8.35. The maximum absolute atomic E-state index is 12.2. The normalized spacial score (nSPS) is 11.1. The van der Waals surface area contributed by atoms with Crippen molar-refractivity contribution in [2.45, 2.75) is 32.1 Å². The van der Waals surface area contributed by atoms with Crippen molar-refractivity contribution in [3.8, 4) is 11.8 Å². The molecule has 0 radical (unpaired) electrons. The second-order valence-electron chi connectivity index (χ2n) is 4.22. The van der Waals surface area contributed by atoms with Crippen LogP contribution in [-0.2, 0) is 9.84 Å². The SMILES string of the molecule is COc1c(C)c(C)cc(C)c1S(=O)(=O)CCC#N. The Morgan fingerprint density at radius 1 is 1.28 bits per heavy atom. The number of methoxy groups -OCH3 is 1. The van der Waals surface area contributed by atoms with Crippen LogP contribution in [0.25, 0.3) is 0 Å². The number of sulfone groups is 1. The topological polar surface area (TPSA) is 67.2 Å². The number of nitriles is 1. The van der Waals surface area contributed by atoms with Crippen LogP contribution in [0.15, 0.2) is 11.0 Å². The Bertz CT molecular complexity index is 598. The highest BCUT2D eigenvalue weighted by Gasteiger charge is 2.24. The molecule has 0 aliphatic heterocycles. The number of hydrogen-bond donors (Lipinski definition) is 0. The Kier molecular flexibility index (Phi) is 4.36. The average Bonchev–Trinajstić information content (AvgIpc) is 2.30. The van der Waals surface area contributed by atoms with Crippen LogP contribution in [0.1, 0.15) is 23.1 Å². The summed E-state index contributed by atoms with van der Waals surface area (Å²) in [5, 5.41) is 8.53. The molecule has 0 saturated carbocycles. The van der Waals surface area contributed by atoms with E-state index < -0.39 is 9.84 Å². The number of hydrogen-bond acceptors (Lipinski definition) is 4. The van der Waals surface area contributed by atoms with Crippen molar-refractivity contribution in [1.29, 1.82) is 5.26 Å². The lowest BCUT2D eigenvalue weighted by molar-refractivity contribution is 0.398. The summed E-state index contributed by atoms with van der Waals surface area (Å²) in [6.45, 7) is 5.49. The van der Waals surface area contributed by atoms with Gasteiger partial charge in [0.2, 0.25) is 0 Å². The number of ether oxygens (including phenoxy) is 1. The molecular weight excluding hydrogens is 250 g/mol. The molecule has 4 nitrogen and oxygen atoms in total. The van der Waals surface area contributed by atoms with Crippen molar-refractivity contribution < 1.29 is 13.2 Å². The van der Waals surface area contributed by atoms with Crippen LogP contribution in [0.3, 0.4) is 0 Å². The Morgan fingerprint density at radius 3 is 2.39 bits per heavy atom. The third kappa shape index (κ3) is 2.65. The molecule has 0 unspecified atom stereocenters. The van der Waals surface area contributed by atoms with Crippen molar-refractivity contribution in [1.82, 2.24) is 0 Å². The van der Waals surface area contributed by atoms with Gasteiger partial charge in [0.1, 0.15) is 10.6 Å². The molecule has 0 N–H and O–H groups in total. The molecule has 0 bridgehead atoms. The largest absolute Gasteiger partial charge is 0.495 e. The first kappa shape index (κ1) is 14.5. The zero-order chi connectivity index (χ0) is 13.9. The molecule has 1 rings (SSSR count). The van der Waals surface area contributed by atoms with Crippen LogP contribution in [-0.4, -0.2) is 21.3 Å². The lowest BCUT2D eigenvalue weighted by atomic mass is 10.1. The molecule has 18 heavy (non-hydrogen) atoms. The van der Waals surface area contributed by atoms with E-state index in [-0.39, 0.29) is 17.1 Å². The Balaban J connectivity index is 3.50. The van der Waals surface area contributed by atoms with Gasteiger partial charge in [-0.2, -0.15) is 5.26 Å². The van der Waals surface area contributed by atoms with Crippen LogP contribution in [0.2, 0.25) is 0 Å². The molecular formula is C13H17NO3S. The Morgan fingerprint density at radius 2 is 1.89 bits per heavy atom. The molecule has 0 aliphatic rings. The molecule has 0 heterocycles. The minimum absolute atomic E-state index is 0.0160. The van der Waals surface area contributed by atoms with Gasteiger partial charge < -0.3 is 4.74 Å². The number of aryl methyl sites for hydroxylation is 2. The van der Waals surface area contributed by atoms with Crippen LogP contribution >= 0.6 is 0 Å². The zero-order valence-electron chi connectivity index (χ0n) is 11.1. The lowest BCUT2D eigenvalue weighted by Gasteiger charge is -2.16. The highest BCUT2D eigenvalue weighted by atomic mass is 32.2. The molecule has 0 amide bonds. The van der Waals surface area contributed by atoms with Gasteiger partial charge in [-0.3, -0.25) is 0 Å². The number of rotatable bonds is 4. The lowest BCUT2D eigenvalue weighted by Crippen LogP contribution is -2.11. The van der Waals surface area contributed by atoms with Crippen molar-refractivity contribution in [2.75, 3.05) is 12.9 Å². The van der Waals surface area contributed by atoms with Crippen LogP contribution in [0.5, 0.6) is 5.75 Å². The van der Waals surface area contributed by atoms with Gasteiger partial charge in [0.05, 0.1) is 18.9 Å². The monoisotopic (exact) mass is 267 g/mol. The summed E-state index contributed by atoms with van der Waals surface area (Å²) in [5.74, 6) is 0.217. The van der Waals surface area contributed by atoms with E-state index in [1.54, 1.807) is 6.92 Å². The van der Waals surface area contributed by atoms with Gasteiger partial charge in [-0.15, -0.1) is 0 Å². The maximum atomic E-state index is 12.2. The van der Waals surface area contributed by atoms with E-state index in [0.29, 0.717) is 11.3 Å². The summed E-state index contributed by atoms with van der Waals surface area (Å²) in [4.78, 5) is 0.211. The first-order valence-electron chi connectivity index (χ1n) is 5.59. The van der Waals surface area contributed by atoms with Crippen molar-refractivity contribution in [3.05, 3.63) is 22.8 Å². The highest BCUT2D eigenvalue weighted by Crippen LogP contribution is 2.33. The van der Waals surface area contributed by atoms with Crippen molar-refractivity contribution in [3.63, 3.8) is 0 Å². The van der Waals surface area contributed by atoms with Crippen LogP contribution < -0.4 is 4.74 Å². The van der Waals surface area contributed by atoms with Gasteiger partial charge in [-0.1, -0.05) is 6.07 Å². The van der Waals surface area contributed by atoms with Crippen molar-refractivity contribution in [2.24, 2.45) is 0 Å². The quantitative estimate of drug-likeness (QED) is 0.839. The summed E-state index contributed by atoms with van der Waals surface area (Å²) in [5.41, 5.74) is 2.47. The van der Waals surface area contributed by atoms with E-state index >= 15 is 0 Å². The fourth-order valence-corrected chi connectivity index (χ4v) is 3.57. The van der Waals surface area contributed by atoms with E-state index in [0.717, 1.165) is 11.1 Å². The first-order valence-corrected chi connectivity index (χ1v) is 7.25. The molecule has 0 aromatic heterocycles. The highest BCUT2D eigenvalue weighted by molar-refractivity contribution is 7.91. The standard InChI is InChI=1S/C13H17NO3S/c1-9-8-10(2)13(12(17-4)11(9)3)18(15,16)7-5-6-14/h8H,5,7H2,1-4H3. The second kappa shape index (κ2) is 5.40. The minimum Gasteiger partial charge on any atom is -0.495 e. The second-order valence-corrected chi connectivity index (χ2v) is 6.27. The molecule has 0 aliphatic carbocycles. The number of nitrogens with zero attached hydrogens (tertiary/aromatic N) is 1. The van der Waals surface area contributed by atoms with E-state index in [2.05, 4.69) is 0 Å². The molecule has 1 aromatic rings. The molecule has 0 saturated heterocycles. The summed E-state index contributed by atoms with van der Waals surface area (Å²) in [6, 6.07) is 3.69. The molecule has 98 valence electrons. The molecule has 0 spiro atoms. The number of benzene rings is 1. The zero-order valence-corrected chi connectivity index (χ0v) is 11.9. The van der Waals surface area contributed by atoms with Gasteiger partial charge in [-0.25, -0.2) is 8.42 Å². The van der Waals surface area contributed by atoms with Gasteiger partial charge in [0, 0.05) is 6.42 Å². The molecule has 5 heteroatoms. The predicted molar refractivity (Wildman–Crippen MR) is 69.5 cm³/mol. The van der Waals surface area contributed by atoms with E-state index in [9.17, 15) is 8.42 Å². The Labute approximate surface area is 108 Å². The third-order valence-corrected chi connectivity index (χ3v) is 4.80. The van der Waals surface area contributed by atoms with Crippen LogP contribution in [0, 0.1) is 32.1 Å². The Hall–Kier alpha value is -1.54. The fourth-order valence-electron chi connectivity index (χ4n) is 1.94. The van der Waals surface area contributed by atoms with E-state index in [1.165, 1.54) is 7.11 Å².